The molecule has 0 radical (unpaired) electrons. The Balaban J connectivity index is 0.000000316. The van der Waals surface area contributed by atoms with Gasteiger partial charge in [0, 0.05) is 96.6 Å². The minimum absolute atomic E-state index is 0.0555. The van der Waals surface area contributed by atoms with E-state index in [0.717, 1.165) is 55.5 Å². The molecule has 0 saturated carbocycles. The van der Waals surface area contributed by atoms with Crippen LogP contribution in [0.25, 0.3) is 22.3 Å². The van der Waals surface area contributed by atoms with Gasteiger partial charge in [-0.3, -0.25) is 19.2 Å². The number of thioether (sulfide) groups is 2. The lowest BCUT2D eigenvalue weighted by atomic mass is 9.98. The molecule has 0 N–H and O–H groups in total. The van der Waals surface area contributed by atoms with Gasteiger partial charge in [-0.05, 0) is 171 Å². The van der Waals surface area contributed by atoms with Crippen molar-refractivity contribution >= 4 is 35.3 Å². The maximum atomic E-state index is 15.5. The van der Waals surface area contributed by atoms with Crippen molar-refractivity contribution in [3.05, 3.63) is 233 Å². The van der Waals surface area contributed by atoms with Crippen LogP contribution in [-0.2, 0) is 78.4 Å². The van der Waals surface area contributed by atoms with Gasteiger partial charge in [0.25, 0.3) is 11.1 Å². The number of carbonyl (C=O) groups is 2. The van der Waals surface area contributed by atoms with E-state index in [9.17, 15) is 59.8 Å². The fourth-order valence-corrected chi connectivity index (χ4v) is 9.96. The molecule has 1 unspecified atom stereocenters. The Morgan fingerprint density at radius 2 is 1.15 bits per heavy atom. The molecule has 2 aromatic heterocycles. The molecule has 2 heterocycles. The van der Waals surface area contributed by atoms with Crippen molar-refractivity contribution in [1.29, 1.82) is 0 Å². The average molecular weight is 1410 g/mol. The van der Waals surface area contributed by atoms with Gasteiger partial charge in [-0.15, -0.1) is 0 Å². The predicted octanol–water partition coefficient (Wildman–Crippen LogP) is 15.3. The molecule has 6 aromatic carbocycles. The van der Waals surface area contributed by atoms with Gasteiger partial charge in [-0.2, -0.15) is 36.3 Å². The zero-order chi connectivity index (χ0) is 108. The van der Waals surface area contributed by atoms with Crippen LogP contribution in [0.3, 0.4) is 0 Å². The zero-order valence-electron chi connectivity index (χ0n) is 94.6. The topological polar surface area (TPSA) is 117 Å². The molecule has 0 aliphatic heterocycles. The van der Waals surface area contributed by atoms with Crippen LogP contribution in [0.4, 0.5) is 35.1 Å². The summed E-state index contributed by atoms with van der Waals surface area (Å²) in [5, 5.41) is -2.58. The second kappa shape index (κ2) is 32.9. The van der Waals surface area contributed by atoms with E-state index in [1.54, 1.807) is 0 Å². The van der Waals surface area contributed by atoms with Crippen LogP contribution >= 0.6 is 23.5 Å². The third kappa shape index (κ3) is 18.6. The summed E-state index contributed by atoms with van der Waals surface area (Å²) in [5.41, 5.74) is -23.1. The number of aromatic nitrogens is 4. The first-order valence-electron chi connectivity index (χ1n) is 49.7. The van der Waals surface area contributed by atoms with E-state index in [0.29, 0.717) is 51.3 Å². The number of fused-ring (bicyclic) bond motifs is 2. The molecular formula is C74H80F8N8O4S2. The standard InChI is InChI=1S/2C37H40F4N4O2S/c1-4-43(5-2)21-22-44(25(3)27-11-13-28(14-12-27)29-15-17-30(18-16-29)37(39,40)41)34(46)23-45-33-8-6-7-32(33)35(47)42-36(45)48-24-26-9-19-31(38)20-10-26;1-4-43(5-2)19-20-44(22-26-9-13-28(14-10-26)29-15-18-32(25(3)21-29)37(39,40)41)34(46)23-45-33-8-6-7-31(33)35(47)42-36(45)48-24-27-11-16-30(38)17-12-27/h9-20,25H,4-8,21-24H2,1-3H3;9-18,21H,4-8,19-20,22-24H2,1-3H3/i4D2,5D2,9D,10D,19D,20D,21D2,22D2,23D2,24D2,25D;4D2,5D2,6D2,7D2,8D2,9D,10D,13D,14D,15D,18D,19D2,20D2,21D,22D2,23D2,24D2. The number of likely N-dealkylation sites (N-methyl/N-ethyl adjacent to an activating group) is 2. The lowest BCUT2D eigenvalue weighted by molar-refractivity contribution is -0.138. The van der Waals surface area contributed by atoms with Crippen LogP contribution in [0.2, 0.25) is 0 Å². The summed E-state index contributed by atoms with van der Waals surface area (Å²) in [6, 6.07) is -7.60. The van der Waals surface area contributed by atoms with Crippen molar-refractivity contribution < 1.29 is 105 Å². The van der Waals surface area contributed by atoms with Gasteiger partial charge in [0.15, 0.2) is 10.3 Å². The summed E-state index contributed by atoms with van der Waals surface area (Å²) in [4.78, 5) is 63.0. The van der Waals surface area contributed by atoms with Crippen LogP contribution < -0.4 is 11.1 Å². The Bertz CT molecular complexity index is 6270. The van der Waals surface area contributed by atoms with Crippen molar-refractivity contribution in [2.75, 3.05) is 52.0 Å². The van der Waals surface area contributed by atoms with Crippen molar-refractivity contribution in [2.24, 2.45) is 0 Å². The molecule has 2 aliphatic rings. The highest BCUT2D eigenvalue weighted by atomic mass is 32.2. The number of halogens is 8. The fourth-order valence-electron chi connectivity index (χ4n) is 8.59. The number of benzene rings is 6. The van der Waals surface area contributed by atoms with Crippen LogP contribution in [0.15, 0.2) is 159 Å². The molecule has 2 amide bonds. The smallest absolute Gasteiger partial charge is 0.336 e. The highest BCUT2D eigenvalue weighted by Crippen LogP contribution is 2.36. The van der Waals surface area contributed by atoms with Gasteiger partial charge in [-0.1, -0.05) is 148 Å². The first kappa shape index (κ1) is 34.0. The Morgan fingerprint density at radius 1 is 0.604 bits per heavy atom. The molecule has 0 spiro atoms. The van der Waals surface area contributed by atoms with E-state index in [-0.39, 0.29) is 63.2 Å². The van der Waals surface area contributed by atoms with Gasteiger partial charge in [-0.25, -0.2) is 8.78 Å². The average Bonchev–Trinajstić information content (AvgIpc) is 1.44. The predicted molar refractivity (Wildman–Crippen MR) is 363 cm³/mol. The summed E-state index contributed by atoms with van der Waals surface area (Å²) in [7, 11) is 0. The summed E-state index contributed by atoms with van der Waals surface area (Å²) in [5.74, 6) is -7.68. The van der Waals surface area contributed by atoms with Crippen LogP contribution in [0.1, 0.15) is 175 Å². The third-order valence-corrected chi connectivity index (χ3v) is 14.9. The summed E-state index contributed by atoms with van der Waals surface area (Å²) in [6.07, 6.45) is -22.1. The number of amides is 2. The van der Waals surface area contributed by atoms with Crippen LogP contribution in [0.5, 0.6) is 0 Å². The SMILES string of the molecule is [2H]c1c([2H])c(C([2H])([2H])N(C(=O)C([2H])([2H])n2c(SC([2H])([2H])c3ccc(F)cc3)nc(=O)c3c2C([2H])([2H])C([2H])([2H])C3([2H])[2H])C([2H])([2H])C([2H])([2H])N(C([2H])([2H])C)C([2H])([2H])C)c([2H])c([2H])c1-c1c([2H])c([2H])c(C(F)(F)F)c(C)c1[2H].[2H]c1c([2H])c(C([2H])([2H])Sc2nc(=O)c3c(n2C([2H])([2H])C(=O)N(C([2H])(C)c2ccc(-c4ccc(C(F)(F)F)cc4)cc2)C([2H])([2H])C([2H])([2H])N(C([2H])([2H])C)C([2H])([2H])C)CCC3)c([2H])c([2H])c1F. The molecule has 2 aliphatic carbocycles. The van der Waals surface area contributed by atoms with Gasteiger partial charge in [0.2, 0.25) is 11.8 Å². The Labute approximate surface area is 625 Å². The number of carbonyl (C=O) groups excluding carboxylic acids is 2. The molecule has 10 rings (SSSR count). The summed E-state index contributed by atoms with van der Waals surface area (Å²) < 4.78 is 496. The maximum Gasteiger partial charge on any atom is 0.416 e. The molecule has 22 heteroatoms. The van der Waals surface area contributed by atoms with Gasteiger partial charge in [0.05, 0.1) is 47.3 Å². The van der Waals surface area contributed by atoms with Gasteiger partial charge >= 0.3 is 12.4 Å². The van der Waals surface area contributed by atoms with Gasteiger partial charge in [0.1, 0.15) is 24.6 Å². The van der Waals surface area contributed by atoms with E-state index in [2.05, 4.69) is 9.97 Å². The Morgan fingerprint density at radius 3 is 1.74 bits per heavy atom. The number of alkyl halides is 6. The molecule has 8 aromatic rings. The molecule has 508 valence electrons. The number of hydrogen-bond acceptors (Lipinski definition) is 10. The van der Waals surface area contributed by atoms with E-state index < -0.39 is 319 Å². The normalized spacial score (nSPS) is 23.7. The highest BCUT2D eigenvalue weighted by molar-refractivity contribution is 7.98. The van der Waals surface area contributed by atoms with Crippen molar-refractivity contribution in [3.8, 4) is 22.3 Å². The molecular weight excluding hydrogens is 1280 g/mol. The van der Waals surface area contributed by atoms with Crippen LogP contribution in [-0.4, -0.2) is 102 Å². The molecule has 0 fully saturated rings. The lowest BCUT2D eigenvalue weighted by Gasteiger charge is -2.33. The second-order valence-electron chi connectivity index (χ2n) is 19.4. The fraction of sp³-hybridized carbons (Fsp3) is 0.378. The van der Waals surface area contributed by atoms with Gasteiger partial charge < -0.3 is 28.7 Å². The quantitative estimate of drug-likeness (QED) is 0.0295. The maximum absolute atomic E-state index is 15.5. The highest BCUT2D eigenvalue weighted by Gasteiger charge is 2.34. The number of rotatable bonds is 26. The third-order valence-electron chi connectivity index (χ3n) is 13.3. The Kier molecular flexibility index (Phi) is 11.7. The largest absolute Gasteiger partial charge is 0.416 e. The van der Waals surface area contributed by atoms with Crippen molar-refractivity contribution in [2.45, 2.75) is 140 Å². The molecule has 0 saturated heterocycles. The molecule has 96 heavy (non-hydrogen) atoms. The first-order chi connectivity index (χ1) is 62.6. The molecule has 1 atom stereocenters. The summed E-state index contributed by atoms with van der Waals surface area (Å²) in [6.45, 7) is -40.4. The monoisotopic (exact) mass is 1400 g/mol. The lowest BCUT2D eigenvalue weighted by Crippen LogP contribution is -2.42. The van der Waals surface area contributed by atoms with E-state index in [1.807, 2.05) is 0 Å². The molecule has 12 nitrogen and oxygen atoms in total. The van der Waals surface area contributed by atoms with E-state index >= 15 is 9.59 Å². The Hall–Kier alpha value is -7.92. The van der Waals surface area contributed by atoms with Crippen molar-refractivity contribution in [1.82, 2.24) is 38.7 Å². The minimum Gasteiger partial charge on any atom is -0.336 e. The van der Waals surface area contributed by atoms with E-state index in [4.69, 9.17) is 45.2 Å². The second-order valence-corrected chi connectivity index (χ2v) is 21.0. The zero-order valence-corrected chi connectivity index (χ0v) is 52.2. The van der Waals surface area contributed by atoms with Crippen LogP contribution in [0, 0.1) is 18.6 Å². The van der Waals surface area contributed by atoms with E-state index in [1.165, 1.54) is 12.1 Å². The minimum atomic E-state index is -5.37. The number of hydrogen-bond donors (Lipinski definition) is 0. The summed E-state index contributed by atoms with van der Waals surface area (Å²) >= 11 is -0.628. The molecule has 0 bridgehead atoms. The van der Waals surface area contributed by atoms with Crippen molar-refractivity contribution in [3.63, 3.8) is 0 Å². The number of nitrogens with zero attached hydrogens (tertiary/aromatic N) is 8. The first-order valence-corrected chi connectivity index (χ1v) is 29.4.